The number of rotatable bonds is 4. The van der Waals surface area contributed by atoms with Crippen LogP contribution in [0.4, 0.5) is 0 Å². The molecule has 1 aromatic heterocycles. The Morgan fingerprint density at radius 3 is 3.00 bits per heavy atom. The lowest BCUT2D eigenvalue weighted by molar-refractivity contribution is 0.0923. The highest BCUT2D eigenvalue weighted by Crippen LogP contribution is 2.24. The van der Waals surface area contributed by atoms with Crippen molar-refractivity contribution in [2.75, 3.05) is 7.11 Å². The van der Waals surface area contributed by atoms with Crippen LogP contribution in [0.5, 0.6) is 5.75 Å². The number of amides is 1. The summed E-state index contributed by atoms with van der Waals surface area (Å²) in [4.78, 5) is 21.3. The van der Waals surface area contributed by atoms with Crippen molar-refractivity contribution in [1.29, 1.82) is 0 Å². The Bertz CT molecular complexity index is 802. The van der Waals surface area contributed by atoms with E-state index in [4.69, 9.17) is 17.0 Å². The van der Waals surface area contributed by atoms with Gasteiger partial charge in [-0.1, -0.05) is 12.8 Å². The number of thiocarbonyl (C=S) groups is 1. The van der Waals surface area contributed by atoms with Gasteiger partial charge in [0.05, 0.1) is 35.4 Å². The lowest BCUT2D eigenvalue weighted by atomic mass is 9.90. The van der Waals surface area contributed by atoms with Gasteiger partial charge < -0.3 is 10.1 Å². The van der Waals surface area contributed by atoms with E-state index in [1.807, 2.05) is 18.2 Å². The zero-order valence-electron chi connectivity index (χ0n) is 13.5. The Labute approximate surface area is 146 Å². The highest BCUT2D eigenvalue weighted by atomic mass is 32.1. The molecule has 1 saturated carbocycles. The van der Waals surface area contributed by atoms with Crippen LogP contribution in [0.25, 0.3) is 10.9 Å². The van der Waals surface area contributed by atoms with E-state index in [0.29, 0.717) is 11.3 Å². The molecule has 0 bridgehead atoms. The first-order chi connectivity index (χ1) is 11.7. The normalized spacial score (nSPS) is 20.2. The molecule has 6 heteroatoms. The highest BCUT2D eigenvalue weighted by molar-refractivity contribution is 7.78. The van der Waals surface area contributed by atoms with E-state index in [1.165, 1.54) is 0 Å². The van der Waals surface area contributed by atoms with Crippen LogP contribution in [0.1, 0.15) is 36.0 Å². The monoisotopic (exact) mass is 341 g/mol. The minimum atomic E-state index is -0.118. The van der Waals surface area contributed by atoms with Crippen LogP contribution in [0, 0.1) is 0 Å². The van der Waals surface area contributed by atoms with E-state index in [1.54, 1.807) is 19.4 Å². The molecule has 3 rings (SSSR count). The maximum atomic E-state index is 12.8. The summed E-state index contributed by atoms with van der Waals surface area (Å²) in [5, 5.41) is 6.35. The summed E-state index contributed by atoms with van der Waals surface area (Å²) in [5.74, 6) is 0.581. The zero-order chi connectivity index (χ0) is 16.9. The van der Waals surface area contributed by atoms with Gasteiger partial charge in [0.1, 0.15) is 5.75 Å². The second-order valence-corrected chi connectivity index (χ2v) is 6.08. The molecule has 24 heavy (non-hydrogen) atoms. The molecule has 124 valence electrons. The van der Waals surface area contributed by atoms with E-state index in [-0.39, 0.29) is 18.0 Å². The Morgan fingerprint density at radius 2 is 2.21 bits per heavy atom. The van der Waals surface area contributed by atoms with Gasteiger partial charge in [-0.05, 0) is 49.3 Å². The molecule has 1 heterocycles. The number of fused-ring (bicyclic) bond motifs is 1. The number of benzene rings is 1. The number of nitrogens with zero attached hydrogens (tertiary/aromatic N) is 2. The van der Waals surface area contributed by atoms with Gasteiger partial charge in [-0.15, -0.1) is 0 Å². The molecule has 0 unspecified atom stereocenters. The average molecular weight is 341 g/mol. The van der Waals surface area contributed by atoms with Gasteiger partial charge in [0.15, 0.2) is 0 Å². The Balaban J connectivity index is 1.89. The van der Waals surface area contributed by atoms with Crippen molar-refractivity contribution in [3.63, 3.8) is 0 Å². The maximum Gasteiger partial charge on any atom is 0.252 e. The number of nitrogens with one attached hydrogen (secondary N) is 1. The number of carbonyl (C=O) groups excluding carboxylic acids is 1. The molecule has 0 saturated heterocycles. The van der Waals surface area contributed by atoms with Gasteiger partial charge in [0.25, 0.3) is 5.91 Å². The summed E-state index contributed by atoms with van der Waals surface area (Å²) in [6.07, 6.45) is 5.67. The number of ether oxygens (including phenoxy) is 1. The molecule has 1 fully saturated rings. The molecule has 1 aliphatic rings. The van der Waals surface area contributed by atoms with E-state index in [9.17, 15) is 4.79 Å². The van der Waals surface area contributed by atoms with Crippen molar-refractivity contribution < 1.29 is 9.53 Å². The molecule has 2 aromatic rings. The van der Waals surface area contributed by atoms with Crippen LogP contribution in [-0.4, -0.2) is 35.2 Å². The summed E-state index contributed by atoms with van der Waals surface area (Å²) in [7, 11) is 1.60. The summed E-state index contributed by atoms with van der Waals surface area (Å²) >= 11 is 4.73. The number of hydrogen-bond acceptors (Lipinski definition) is 5. The average Bonchev–Trinajstić information content (AvgIpc) is 2.62. The Kier molecular flexibility index (Phi) is 5.18. The SMILES string of the molecule is COc1ccc2nccc(C(=O)N[C@@H]3CCCC[C@H]3N=C=S)c2c1. The minimum Gasteiger partial charge on any atom is -0.497 e. The quantitative estimate of drug-likeness (QED) is 0.684. The van der Waals surface area contributed by atoms with E-state index < -0.39 is 0 Å². The third-order valence-electron chi connectivity index (χ3n) is 4.46. The minimum absolute atomic E-state index is 0.00415. The van der Waals surface area contributed by atoms with Crippen molar-refractivity contribution in [2.24, 2.45) is 4.99 Å². The van der Waals surface area contributed by atoms with Crippen LogP contribution in [-0.2, 0) is 0 Å². The lowest BCUT2D eigenvalue weighted by Crippen LogP contribution is -2.44. The molecular weight excluding hydrogens is 322 g/mol. The predicted molar refractivity (Wildman–Crippen MR) is 96.8 cm³/mol. The molecule has 0 radical (unpaired) electrons. The number of aromatic nitrogens is 1. The largest absolute Gasteiger partial charge is 0.497 e. The van der Waals surface area contributed by atoms with Crippen LogP contribution >= 0.6 is 12.2 Å². The van der Waals surface area contributed by atoms with Gasteiger partial charge in [-0.3, -0.25) is 9.78 Å². The number of isothiocyanates is 1. The summed E-state index contributed by atoms with van der Waals surface area (Å²) in [6.45, 7) is 0. The molecule has 2 atom stereocenters. The highest BCUT2D eigenvalue weighted by Gasteiger charge is 2.26. The third-order valence-corrected chi connectivity index (χ3v) is 4.56. The van der Waals surface area contributed by atoms with Crippen LogP contribution < -0.4 is 10.1 Å². The van der Waals surface area contributed by atoms with Crippen molar-refractivity contribution in [3.8, 4) is 5.75 Å². The summed E-state index contributed by atoms with van der Waals surface area (Å²) < 4.78 is 5.26. The fourth-order valence-corrected chi connectivity index (χ4v) is 3.33. The van der Waals surface area contributed by atoms with Crippen LogP contribution in [0.3, 0.4) is 0 Å². The number of carbonyl (C=O) groups is 1. The maximum absolute atomic E-state index is 12.8. The van der Waals surface area contributed by atoms with Crippen molar-refractivity contribution in [2.45, 2.75) is 37.8 Å². The second-order valence-electron chi connectivity index (χ2n) is 5.89. The van der Waals surface area contributed by atoms with E-state index in [2.05, 4.69) is 20.5 Å². The number of pyridine rings is 1. The van der Waals surface area contributed by atoms with E-state index >= 15 is 0 Å². The molecule has 1 N–H and O–H groups in total. The number of aliphatic imine (C=N–C) groups is 1. The molecule has 1 amide bonds. The molecular formula is C18H19N3O2S. The molecule has 0 spiro atoms. The van der Waals surface area contributed by atoms with Crippen molar-refractivity contribution in [3.05, 3.63) is 36.0 Å². The molecule has 5 nitrogen and oxygen atoms in total. The van der Waals surface area contributed by atoms with Gasteiger partial charge >= 0.3 is 0 Å². The first kappa shape index (κ1) is 16.6. The smallest absolute Gasteiger partial charge is 0.252 e. The zero-order valence-corrected chi connectivity index (χ0v) is 14.3. The van der Waals surface area contributed by atoms with Gasteiger partial charge in [0, 0.05) is 11.6 Å². The summed E-state index contributed by atoms with van der Waals surface area (Å²) in [6, 6.07) is 7.27. The standard InChI is InChI=1S/C18H19N3O2S/c1-23-12-6-7-15-14(10-12)13(8-9-19-15)18(22)21-17-5-3-2-4-16(17)20-11-24/h6-10,16-17H,2-5H2,1H3,(H,21,22)/t16-,17-/m1/s1. The number of hydrogen-bond donors (Lipinski definition) is 1. The molecule has 1 aromatic carbocycles. The van der Waals surface area contributed by atoms with Gasteiger partial charge in [-0.25, -0.2) is 4.99 Å². The molecule has 0 aliphatic heterocycles. The second kappa shape index (κ2) is 7.51. The fraction of sp³-hybridized carbons (Fsp3) is 0.389. The predicted octanol–water partition coefficient (Wildman–Crippen LogP) is 3.39. The first-order valence-corrected chi connectivity index (χ1v) is 8.44. The van der Waals surface area contributed by atoms with Crippen molar-refractivity contribution >= 4 is 34.2 Å². The van der Waals surface area contributed by atoms with Crippen molar-refractivity contribution in [1.82, 2.24) is 10.3 Å². The summed E-state index contributed by atoms with van der Waals surface area (Å²) in [5.41, 5.74) is 1.36. The third kappa shape index (κ3) is 3.45. The van der Waals surface area contributed by atoms with Crippen LogP contribution in [0.15, 0.2) is 35.5 Å². The Hall–Kier alpha value is -2.30. The Morgan fingerprint density at radius 1 is 1.38 bits per heavy atom. The van der Waals surface area contributed by atoms with Gasteiger partial charge in [0.2, 0.25) is 0 Å². The fourth-order valence-electron chi connectivity index (χ4n) is 3.20. The first-order valence-electron chi connectivity index (χ1n) is 8.03. The van der Waals surface area contributed by atoms with E-state index in [0.717, 1.165) is 36.6 Å². The molecule has 1 aliphatic carbocycles. The van der Waals surface area contributed by atoms with Crippen LogP contribution in [0.2, 0.25) is 0 Å². The van der Waals surface area contributed by atoms with Gasteiger partial charge in [-0.2, -0.15) is 0 Å². The number of methoxy groups -OCH3 is 1. The lowest BCUT2D eigenvalue weighted by Gasteiger charge is -2.28. The topological polar surface area (TPSA) is 63.6 Å².